The molecule has 0 radical (unpaired) electrons. The van der Waals surface area contributed by atoms with Crippen LogP contribution in [0.2, 0.25) is 0 Å². The molecule has 3 nitrogen and oxygen atoms in total. The van der Waals surface area contributed by atoms with Crippen LogP contribution in [-0.2, 0) is 6.42 Å². The van der Waals surface area contributed by atoms with Crippen molar-refractivity contribution in [3.8, 4) is 5.75 Å². The smallest absolute Gasteiger partial charge is 0.115 e. The Hall–Kier alpha value is -1.06. The number of phenols is 1. The third kappa shape index (κ3) is 4.21. The van der Waals surface area contributed by atoms with Gasteiger partial charge in [-0.1, -0.05) is 25.0 Å². The van der Waals surface area contributed by atoms with Gasteiger partial charge in [-0.25, -0.2) is 0 Å². The van der Waals surface area contributed by atoms with Crippen molar-refractivity contribution in [2.24, 2.45) is 0 Å². The van der Waals surface area contributed by atoms with E-state index in [1.807, 2.05) is 12.1 Å². The lowest BCUT2D eigenvalue weighted by molar-refractivity contribution is 0.200. The van der Waals surface area contributed by atoms with Gasteiger partial charge in [0.05, 0.1) is 0 Å². The second-order valence-electron chi connectivity index (χ2n) is 6.59. The summed E-state index contributed by atoms with van der Waals surface area (Å²) in [5.41, 5.74) is 1.32. The molecule has 21 heavy (non-hydrogen) atoms. The zero-order valence-electron chi connectivity index (χ0n) is 13.0. The fraction of sp³-hybridized carbons (Fsp3) is 0.667. The third-order valence-electron chi connectivity index (χ3n) is 5.12. The van der Waals surface area contributed by atoms with E-state index in [1.54, 1.807) is 12.1 Å². The van der Waals surface area contributed by atoms with Crippen LogP contribution in [0.25, 0.3) is 0 Å². The lowest BCUT2D eigenvalue weighted by Gasteiger charge is -2.27. The summed E-state index contributed by atoms with van der Waals surface area (Å²) in [4.78, 5) is 5.36. The van der Waals surface area contributed by atoms with Gasteiger partial charge in [-0.3, -0.25) is 4.90 Å². The van der Waals surface area contributed by atoms with Gasteiger partial charge in [0.25, 0.3) is 0 Å². The summed E-state index contributed by atoms with van der Waals surface area (Å²) in [6.45, 7) is 6.14. The molecule has 1 saturated carbocycles. The number of phenolic OH excluding ortho intramolecular Hbond substituents is 1. The van der Waals surface area contributed by atoms with Crippen molar-refractivity contribution < 1.29 is 5.11 Å². The number of hydrogen-bond acceptors (Lipinski definition) is 3. The Morgan fingerprint density at radius 3 is 2.43 bits per heavy atom. The average molecular weight is 288 g/mol. The molecule has 1 N–H and O–H groups in total. The molecule has 0 unspecified atom stereocenters. The van der Waals surface area contributed by atoms with E-state index in [9.17, 15) is 5.11 Å². The van der Waals surface area contributed by atoms with E-state index in [0.29, 0.717) is 5.75 Å². The van der Waals surface area contributed by atoms with Gasteiger partial charge in [-0.15, -0.1) is 0 Å². The van der Waals surface area contributed by atoms with E-state index >= 15 is 0 Å². The SMILES string of the molecule is Oc1ccc(CCN2CCCN(C3CCCC3)CC2)cc1. The van der Waals surface area contributed by atoms with E-state index in [2.05, 4.69) is 9.80 Å². The van der Waals surface area contributed by atoms with Crippen molar-refractivity contribution >= 4 is 0 Å². The molecule has 1 aliphatic heterocycles. The molecule has 3 rings (SSSR count). The quantitative estimate of drug-likeness (QED) is 0.923. The first-order valence-electron chi connectivity index (χ1n) is 8.55. The average Bonchev–Trinajstić information content (AvgIpc) is 2.93. The van der Waals surface area contributed by atoms with Crippen molar-refractivity contribution in [2.75, 3.05) is 32.7 Å². The summed E-state index contributed by atoms with van der Waals surface area (Å²) >= 11 is 0. The van der Waals surface area contributed by atoms with E-state index < -0.39 is 0 Å². The van der Waals surface area contributed by atoms with Gasteiger partial charge in [0.1, 0.15) is 5.75 Å². The zero-order chi connectivity index (χ0) is 14.5. The Kier molecular flexibility index (Phi) is 5.15. The van der Waals surface area contributed by atoms with Crippen LogP contribution in [0.1, 0.15) is 37.7 Å². The van der Waals surface area contributed by atoms with E-state index in [4.69, 9.17) is 0 Å². The molecule has 1 heterocycles. The molecule has 1 aliphatic carbocycles. The van der Waals surface area contributed by atoms with Crippen molar-refractivity contribution in [1.82, 2.24) is 9.80 Å². The van der Waals surface area contributed by atoms with Crippen molar-refractivity contribution in [2.45, 2.75) is 44.6 Å². The molecule has 1 aromatic rings. The minimum absolute atomic E-state index is 0.362. The van der Waals surface area contributed by atoms with Crippen LogP contribution in [0.15, 0.2) is 24.3 Å². The number of aromatic hydroxyl groups is 1. The van der Waals surface area contributed by atoms with Gasteiger partial charge >= 0.3 is 0 Å². The predicted molar refractivity (Wildman–Crippen MR) is 86.7 cm³/mol. The third-order valence-corrected chi connectivity index (χ3v) is 5.12. The van der Waals surface area contributed by atoms with Gasteiger partial charge in [0, 0.05) is 25.7 Å². The van der Waals surface area contributed by atoms with Crippen molar-refractivity contribution in [3.05, 3.63) is 29.8 Å². The van der Waals surface area contributed by atoms with Crippen LogP contribution in [-0.4, -0.2) is 53.7 Å². The van der Waals surface area contributed by atoms with Crippen LogP contribution in [0.3, 0.4) is 0 Å². The topological polar surface area (TPSA) is 26.7 Å². The second-order valence-corrected chi connectivity index (χ2v) is 6.59. The second kappa shape index (κ2) is 7.28. The molecule has 2 aliphatic rings. The maximum atomic E-state index is 9.33. The Labute approximate surface area is 128 Å². The fourth-order valence-electron chi connectivity index (χ4n) is 3.80. The molecule has 0 bridgehead atoms. The van der Waals surface area contributed by atoms with Crippen molar-refractivity contribution in [3.63, 3.8) is 0 Å². The zero-order valence-corrected chi connectivity index (χ0v) is 13.0. The molecule has 2 fully saturated rings. The standard InChI is InChI=1S/C18H28N2O/c21-18-8-6-16(7-9-18)10-13-19-11-3-12-20(15-14-19)17-4-1-2-5-17/h6-9,17,21H,1-5,10-15H2. The summed E-state index contributed by atoms with van der Waals surface area (Å²) < 4.78 is 0. The molecule has 0 atom stereocenters. The van der Waals surface area contributed by atoms with Crippen molar-refractivity contribution in [1.29, 1.82) is 0 Å². The summed E-state index contributed by atoms with van der Waals surface area (Å²) in [7, 11) is 0. The van der Waals surface area contributed by atoms with E-state index in [0.717, 1.165) is 19.0 Å². The number of hydrogen-bond donors (Lipinski definition) is 1. The molecular formula is C18H28N2O. The Bertz CT molecular complexity index is 425. The largest absolute Gasteiger partial charge is 0.508 e. The van der Waals surface area contributed by atoms with Gasteiger partial charge < -0.3 is 10.0 Å². The van der Waals surface area contributed by atoms with Crippen LogP contribution in [0, 0.1) is 0 Å². The molecule has 0 aromatic heterocycles. The fourth-order valence-corrected chi connectivity index (χ4v) is 3.80. The molecule has 3 heteroatoms. The molecule has 1 saturated heterocycles. The Balaban J connectivity index is 1.45. The summed E-state index contributed by atoms with van der Waals surface area (Å²) in [5, 5.41) is 9.33. The van der Waals surface area contributed by atoms with Crippen LogP contribution in [0.4, 0.5) is 0 Å². The number of nitrogens with zero attached hydrogens (tertiary/aromatic N) is 2. The number of benzene rings is 1. The van der Waals surface area contributed by atoms with Gasteiger partial charge in [-0.2, -0.15) is 0 Å². The molecule has 116 valence electrons. The predicted octanol–water partition coefficient (Wildman–Crippen LogP) is 2.89. The van der Waals surface area contributed by atoms with Crippen LogP contribution in [0.5, 0.6) is 5.75 Å². The molecule has 0 amide bonds. The van der Waals surface area contributed by atoms with Gasteiger partial charge in [0.15, 0.2) is 0 Å². The molecule has 1 aromatic carbocycles. The first-order chi connectivity index (χ1) is 10.3. The minimum Gasteiger partial charge on any atom is -0.508 e. The number of rotatable bonds is 4. The highest BCUT2D eigenvalue weighted by Gasteiger charge is 2.24. The highest BCUT2D eigenvalue weighted by Crippen LogP contribution is 2.24. The minimum atomic E-state index is 0.362. The van der Waals surface area contributed by atoms with E-state index in [1.165, 1.54) is 63.8 Å². The Morgan fingerprint density at radius 2 is 1.67 bits per heavy atom. The van der Waals surface area contributed by atoms with Crippen LogP contribution < -0.4 is 0 Å². The highest BCUT2D eigenvalue weighted by atomic mass is 16.3. The van der Waals surface area contributed by atoms with Gasteiger partial charge in [0.2, 0.25) is 0 Å². The lowest BCUT2D eigenvalue weighted by atomic mass is 10.1. The van der Waals surface area contributed by atoms with E-state index in [-0.39, 0.29) is 0 Å². The van der Waals surface area contributed by atoms with Gasteiger partial charge in [-0.05, 0) is 56.5 Å². The summed E-state index contributed by atoms with van der Waals surface area (Å²) in [5.74, 6) is 0.362. The van der Waals surface area contributed by atoms with Crippen LogP contribution >= 0.6 is 0 Å². The monoisotopic (exact) mass is 288 g/mol. The maximum absolute atomic E-state index is 9.33. The normalized spacial score (nSPS) is 22.5. The first-order valence-corrected chi connectivity index (χ1v) is 8.55. The first kappa shape index (κ1) is 14.9. The highest BCUT2D eigenvalue weighted by molar-refractivity contribution is 5.25. The lowest BCUT2D eigenvalue weighted by Crippen LogP contribution is -2.37. The Morgan fingerprint density at radius 1 is 0.905 bits per heavy atom. The summed E-state index contributed by atoms with van der Waals surface area (Å²) in [6.07, 6.45) is 8.12. The summed E-state index contributed by atoms with van der Waals surface area (Å²) in [6, 6.07) is 8.54. The maximum Gasteiger partial charge on any atom is 0.115 e. The molecule has 0 spiro atoms. The molecular weight excluding hydrogens is 260 g/mol.